The number of aliphatic hydroxyl groups is 2. The van der Waals surface area contributed by atoms with Gasteiger partial charge in [-0.15, -0.1) is 0 Å². The predicted octanol–water partition coefficient (Wildman–Crippen LogP) is 4.97. The first-order chi connectivity index (χ1) is 21.0. The van der Waals surface area contributed by atoms with Crippen molar-refractivity contribution in [3.8, 4) is 5.75 Å². The van der Waals surface area contributed by atoms with Gasteiger partial charge in [-0.25, -0.2) is 9.59 Å². The number of aliphatic hydroxyl groups excluding tert-OH is 1. The molecule has 230 valence electrons. The molecule has 0 bridgehead atoms. The Morgan fingerprint density at radius 3 is 1.66 bits per heavy atom. The molecule has 0 saturated heterocycles. The van der Waals surface area contributed by atoms with Crippen LogP contribution >= 0.6 is 0 Å². The van der Waals surface area contributed by atoms with Gasteiger partial charge in [0.25, 0.3) is 0 Å². The summed E-state index contributed by atoms with van der Waals surface area (Å²) in [5.74, 6) is 0.606. The van der Waals surface area contributed by atoms with E-state index in [0.29, 0.717) is 34.8 Å². The predicted molar refractivity (Wildman–Crippen MR) is 171 cm³/mol. The number of urea groups is 2. The minimum atomic E-state index is -1.54. The summed E-state index contributed by atoms with van der Waals surface area (Å²) in [7, 11) is 0. The van der Waals surface area contributed by atoms with Crippen LogP contribution in [0.4, 0.5) is 21.0 Å². The monoisotopic (exact) mass is 597 g/mol. The summed E-state index contributed by atoms with van der Waals surface area (Å²) in [6.45, 7) is 4.09. The number of nitrogens with two attached hydrogens (primary N) is 2. The van der Waals surface area contributed by atoms with Gasteiger partial charge in [0.1, 0.15) is 17.5 Å². The van der Waals surface area contributed by atoms with Crippen molar-refractivity contribution < 1.29 is 24.5 Å². The SMILES string of the molecule is CC(O)C(Oc1ccccc1)N(Cc1ccccc1)[C@@H](C)CC(O)(c1ccc(NC(N)=O)cc1)c1ccc(NC(N)=O)cc1. The number of primary amides is 2. The highest BCUT2D eigenvalue weighted by Gasteiger charge is 2.38. The number of nitrogens with zero attached hydrogens (tertiary/aromatic N) is 1. The zero-order valence-electron chi connectivity index (χ0n) is 24.8. The molecule has 10 nitrogen and oxygen atoms in total. The number of amides is 4. The smallest absolute Gasteiger partial charge is 0.316 e. The van der Waals surface area contributed by atoms with Gasteiger partial charge in [-0.2, -0.15) is 0 Å². The molecule has 0 spiro atoms. The van der Waals surface area contributed by atoms with Crippen LogP contribution in [0.15, 0.2) is 109 Å². The van der Waals surface area contributed by atoms with Gasteiger partial charge in [-0.3, -0.25) is 4.90 Å². The van der Waals surface area contributed by atoms with E-state index in [1.165, 1.54) is 0 Å². The highest BCUT2D eigenvalue weighted by atomic mass is 16.5. The molecule has 3 atom stereocenters. The van der Waals surface area contributed by atoms with Gasteiger partial charge in [0.2, 0.25) is 0 Å². The zero-order valence-corrected chi connectivity index (χ0v) is 24.8. The van der Waals surface area contributed by atoms with E-state index in [9.17, 15) is 19.8 Å². The molecule has 4 amide bonds. The number of nitrogens with one attached hydrogen (secondary N) is 2. The molecule has 0 aromatic heterocycles. The summed E-state index contributed by atoms with van der Waals surface area (Å²) in [4.78, 5) is 24.8. The topological polar surface area (TPSA) is 163 Å². The second-order valence-corrected chi connectivity index (χ2v) is 10.8. The van der Waals surface area contributed by atoms with Gasteiger partial charge in [-0.1, -0.05) is 72.8 Å². The molecule has 4 aromatic rings. The lowest BCUT2D eigenvalue weighted by Crippen LogP contribution is -2.52. The lowest BCUT2D eigenvalue weighted by Gasteiger charge is -2.41. The summed E-state index contributed by atoms with van der Waals surface area (Å²) >= 11 is 0. The Morgan fingerprint density at radius 2 is 1.23 bits per heavy atom. The molecular formula is C34H39N5O5. The van der Waals surface area contributed by atoms with E-state index in [4.69, 9.17) is 16.2 Å². The van der Waals surface area contributed by atoms with Crippen LogP contribution < -0.4 is 26.8 Å². The number of ether oxygens (including phenoxy) is 1. The lowest BCUT2D eigenvalue weighted by molar-refractivity contribution is -0.0915. The number of hydrogen-bond donors (Lipinski definition) is 6. The van der Waals surface area contributed by atoms with E-state index < -0.39 is 30.0 Å². The van der Waals surface area contributed by atoms with Crippen molar-refractivity contribution in [3.63, 3.8) is 0 Å². The number of hydrogen-bond acceptors (Lipinski definition) is 6. The summed E-state index contributed by atoms with van der Waals surface area (Å²) in [5, 5.41) is 28.6. The fourth-order valence-corrected chi connectivity index (χ4v) is 5.26. The van der Waals surface area contributed by atoms with Gasteiger partial charge in [0.05, 0.1) is 0 Å². The van der Waals surface area contributed by atoms with Gasteiger partial charge in [-0.05, 0) is 73.4 Å². The zero-order chi connectivity index (χ0) is 31.7. The maximum atomic E-state index is 12.5. The van der Waals surface area contributed by atoms with Crippen LogP contribution in [0.25, 0.3) is 0 Å². The first-order valence-electron chi connectivity index (χ1n) is 14.3. The molecule has 10 heteroatoms. The molecule has 0 aliphatic heterocycles. The van der Waals surface area contributed by atoms with E-state index in [1.54, 1.807) is 55.5 Å². The third-order valence-corrected chi connectivity index (χ3v) is 7.36. The van der Waals surface area contributed by atoms with Crippen LogP contribution in [-0.2, 0) is 12.1 Å². The van der Waals surface area contributed by atoms with Crippen molar-refractivity contribution in [1.29, 1.82) is 0 Å². The summed E-state index contributed by atoms with van der Waals surface area (Å²) < 4.78 is 6.35. The summed E-state index contributed by atoms with van der Waals surface area (Å²) in [5.41, 5.74) is 12.1. The Hall–Kier alpha value is -4.90. The fraction of sp³-hybridized carbons (Fsp3) is 0.235. The van der Waals surface area contributed by atoms with Crippen molar-refractivity contribution in [1.82, 2.24) is 4.90 Å². The molecule has 0 saturated carbocycles. The third kappa shape index (κ3) is 8.35. The van der Waals surface area contributed by atoms with Gasteiger partial charge < -0.3 is 37.1 Å². The van der Waals surface area contributed by atoms with Crippen LogP contribution in [0.1, 0.15) is 37.0 Å². The summed E-state index contributed by atoms with van der Waals surface area (Å²) in [6, 6.07) is 31.0. The maximum Gasteiger partial charge on any atom is 0.316 e. The van der Waals surface area contributed by atoms with Crippen LogP contribution in [-0.4, -0.2) is 45.5 Å². The van der Waals surface area contributed by atoms with E-state index >= 15 is 0 Å². The Labute approximate surface area is 257 Å². The Bertz CT molecular complexity index is 1440. The van der Waals surface area contributed by atoms with Crippen LogP contribution in [0.3, 0.4) is 0 Å². The van der Waals surface area contributed by atoms with Gasteiger partial charge in [0, 0.05) is 24.0 Å². The minimum Gasteiger partial charge on any atom is -0.472 e. The van der Waals surface area contributed by atoms with Crippen LogP contribution in [0, 0.1) is 0 Å². The molecule has 0 aliphatic rings. The standard InChI is InChI=1S/C34H39N5O5/c1-23(39(22-25-9-5-3-6-10-25)31(24(2)40)44-30-11-7-4-8-12-30)21-34(43,26-13-17-28(18-14-26)37-32(35)41)27-15-19-29(20-16-27)38-33(36)42/h3-20,23-24,31,40,43H,21-22H2,1-2H3,(H3,35,37,41)(H3,36,38,42)/t23-,24?,31?/m0/s1. The lowest BCUT2D eigenvalue weighted by atomic mass is 9.81. The number of para-hydroxylation sites is 1. The number of rotatable bonds is 13. The van der Waals surface area contributed by atoms with Crippen molar-refractivity contribution in [3.05, 3.63) is 126 Å². The molecule has 0 fully saturated rings. The number of benzene rings is 4. The fourth-order valence-electron chi connectivity index (χ4n) is 5.26. The Balaban J connectivity index is 1.75. The number of anilines is 2. The maximum absolute atomic E-state index is 12.5. The average Bonchev–Trinajstić information content (AvgIpc) is 3.00. The quantitative estimate of drug-likeness (QED) is 0.119. The first-order valence-corrected chi connectivity index (χ1v) is 14.3. The molecule has 0 heterocycles. The Morgan fingerprint density at radius 1 is 0.773 bits per heavy atom. The molecule has 0 aliphatic carbocycles. The Kier molecular flexibility index (Phi) is 10.6. The molecule has 4 rings (SSSR count). The van der Waals surface area contributed by atoms with Crippen molar-refractivity contribution in [2.24, 2.45) is 11.5 Å². The normalized spacial score (nSPS) is 13.5. The second-order valence-electron chi connectivity index (χ2n) is 10.8. The number of carbonyl (C=O) groups excluding carboxylic acids is 2. The largest absolute Gasteiger partial charge is 0.472 e. The molecule has 4 aromatic carbocycles. The van der Waals surface area contributed by atoms with E-state index in [2.05, 4.69) is 10.6 Å². The molecular weight excluding hydrogens is 558 g/mol. The van der Waals surface area contributed by atoms with Crippen molar-refractivity contribution in [2.75, 3.05) is 10.6 Å². The minimum absolute atomic E-state index is 0.187. The van der Waals surface area contributed by atoms with Crippen molar-refractivity contribution >= 4 is 23.4 Å². The highest BCUT2D eigenvalue weighted by molar-refractivity contribution is 5.88. The average molecular weight is 598 g/mol. The summed E-state index contributed by atoms with van der Waals surface area (Å²) in [6.07, 6.45) is -1.44. The van der Waals surface area contributed by atoms with E-state index in [1.807, 2.05) is 72.5 Å². The van der Waals surface area contributed by atoms with Gasteiger partial charge in [0.15, 0.2) is 6.23 Å². The van der Waals surface area contributed by atoms with Crippen LogP contribution in [0.5, 0.6) is 5.75 Å². The second kappa shape index (κ2) is 14.5. The van der Waals surface area contributed by atoms with Crippen molar-refractivity contribution in [2.45, 2.75) is 50.8 Å². The molecule has 2 unspecified atom stereocenters. The first kappa shape index (κ1) is 32.0. The molecule has 8 N–H and O–H groups in total. The number of carbonyl (C=O) groups is 2. The van der Waals surface area contributed by atoms with E-state index in [-0.39, 0.29) is 12.5 Å². The van der Waals surface area contributed by atoms with Crippen LogP contribution in [0.2, 0.25) is 0 Å². The third-order valence-electron chi connectivity index (χ3n) is 7.36. The van der Waals surface area contributed by atoms with E-state index in [0.717, 1.165) is 5.56 Å². The van der Waals surface area contributed by atoms with Gasteiger partial charge >= 0.3 is 12.1 Å². The molecule has 44 heavy (non-hydrogen) atoms. The molecule has 0 radical (unpaired) electrons. The highest BCUT2D eigenvalue weighted by Crippen LogP contribution is 2.37.